The first-order valence-corrected chi connectivity index (χ1v) is 23.4. The summed E-state index contributed by atoms with van der Waals surface area (Å²) in [5, 5.41) is 19.0. The van der Waals surface area contributed by atoms with E-state index in [-0.39, 0.29) is 45.8 Å². The molecular formula is C41H60ClN7O9S2. The van der Waals surface area contributed by atoms with E-state index in [1.54, 1.807) is 30.5 Å². The molecule has 0 spiro atoms. The summed E-state index contributed by atoms with van der Waals surface area (Å²) in [6, 6.07) is 7.70. The van der Waals surface area contributed by atoms with Crippen molar-refractivity contribution in [3.05, 3.63) is 65.9 Å². The quantitative estimate of drug-likeness (QED) is 0.166. The number of aliphatic hydroxyl groups excluding tert-OH is 1. The maximum absolute atomic E-state index is 12.6. The highest BCUT2D eigenvalue weighted by atomic mass is 35.5. The lowest BCUT2D eigenvalue weighted by Gasteiger charge is -2.37. The highest BCUT2D eigenvalue weighted by Gasteiger charge is 2.66. The zero-order chi connectivity index (χ0) is 42.8. The molecule has 16 nitrogen and oxygen atoms in total. The van der Waals surface area contributed by atoms with Crippen molar-refractivity contribution < 1.29 is 41.1 Å². The Kier molecular flexibility index (Phi) is 14.9. The molecule has 4 bridgehead atoms. The fourth-order valence-corrected chi connectivity index (χ4v) is 11.9. The summed E-state index contributed by atoms with van der Waals surface area (Å²) in [6.07, 6.45) is 11.4. The van der Waals surface area contributed by atoms with Crippen molar-refractivity contribution in [3.8, 4) is 5.88 Å². The minimum absolute atomic E-state index is 0. The molecule has 1 aromatic heterocycles. The van der Waals surface area contributed by atoms with E-state index in [9.17, 15) is 36.3 Å². The summed E-state index contributed by atoms with van der Waals surface area (Å²) >= 11 is 0. The number of urea groups is 2. The number of allylic oxidation sites excluding steroid dienone is 2. The van der Waals surface area contributed by atoms with E-state index in [4.69, 9.17) is 4.74 Å². The van der Waals surface area contributed by atoms with Gasteiger partial charge in [0.25, 0.3) is 15.9 Å². The summed E-state index contributed by atoms with van der Waals surface area (Å²) in [7, 11) is -6.34. The normalized spacial score (nSPS) is 27.8. The van der Waals surface area contributed by atoms with E-state index < -0.39 is 44.4 Å². The standard InChI is InChI=1S/C23H33N5O5S.C18H26N2O4S.ClH/c1-33-22-20(3-2-9-25-22)21(29)24-10-6-16-7-11-28(12-8-16)34(31,32)27-23(30)26-15-19-14-17-4-5-18(19)13-17;1-11-5-7-12(8-6-11)25(23,24)20-16(22)19-14-13-9-10-18(4,15(14)21)17(13,2)3;/h2-5,9,16-19H,6-8,10-15H2,1H3,(H,24,29)(H2,26,27,30);5-8,13-15,21H,9-10H2,1-4H3,(H2,19,20,22);1H/t;13-,14+,15+,18+;/m.1./s1. The van der Waals surface area contributed by atoms with Gasteiger partial charge in [-0.2, -0.15) is 12.7 Å². The molecule has 1 aliphatic heterocycles. The van der Waals surface area contributed by atoms with E-state index in [0.717, 1.165) is 37.7 Å². The second-order valence-corrected chi connectivity index (χ2v) is 20.8. The molecule has 7 atom stereocenters. The van der Waals surface area contributed by atoms with Gasteiger partial charge in [0.2, 0.25) is 5.88 Å². The van der Waals surface area contributed by atoms with Gasteiger partial charge in [0.05, 0.1) is 24.2 Å². The van der Waals surface area contributed by atoms with Crippen molar-refractivity contribution in [2.24, 2.45) is 40.4 Å². The molecule has 332 valence electrons. The number of ether oxygens (including phenoxy) is 1. The average molecular weight is 895 g/mol. The number of hydrogen-bond donors (Lipinski definition) is 6. The predicted octanol–water partition coefficient (Wildman–Crippen LogP) is 4.27. The number of nitrogens with zero attached hydrogens (tertiary/aromatic N) is 2. The first-order valence-electron chi connectivity index (χ1n) is 20.4. The lowest BCUT2D eigenvalue weighted by atomic mass is 9.70. The number of carbonyl (C=O) groups excluding carboxylic acids is 3. The molecule has 6 N–H and O–H groups in total. The number of aryl methyl sites for hydroxylation is 1. The van der Waals surface area contributed by atoms with Crippen LogP contribution in [-0.2, 0) is 20.2 Å². The number of fused-ring (bicyclic) bond motifs is 4. The van der Waals surface area contributed by atoms with E-state index >= 15 is 0 Å². The minimum atomic E-state index is -3.94. The third-order valence-electron chi connectivity index (χ3n) is 13.8. The van der Waals surface area contributed by atoms with Crippen LogP contribution in [0.25, 0.3) is 0 Å². The Balaban J connectivity index is 0.000000234. The van der Waals surface area contributed by atoms with Crippen LogP contribution < -0.4 is 30.1 Å². The van der Waals surface area contributed by atoms with E-state index in [2.05, 4.69) is 51.7 Å². The SMILES string of the molecule is COc1ncccc1C(=O)NCCC1CCN(S(=O)(=O)NC(=O)NCC2CC3C=CC2C3)CC1.Cc1ccc(S(=O)(=O)NC(=O)N[C@H]2[C@H]3CC[C@@](C)([C@H]2O)C3(C)C)cc1.Cl. The van der Waals surface area contributed by atoms with Crippen LogP contribution >= 0.6 is 12.4 Å². The fraction of sp³-hybridized carbons (Fsp3) is 0.610. The largest absolute Gasteiger partial charge is 0.480 e. The van der Waals surface area contributed by atoms with E-state index in [1.807, 2.05) is 18.6 Å². The predicted molar refractivity (Wildman–Crippen MR) is 228 cm³/mol. The Morgan fingerprint density at radius 2 is 1.63 bits per heavy atom. The van der Waals surface area contributed by atoms with Crippen molar-refractivity contribution in [1.82, 2.24) is 34.7 Å². The van der Waals surface area contributed by atoms with Crippen molar-refractivity contribution in [3.63, 3.8) is 0 Å². The number of piperidine rings is 1. The fourth-order valence-electron chi connectivity index (χ4n) is 9.81. The van der Waals surface area contributed by atoms with Crippen molar-refractivity contribution in [2.75, 3.05) is 33.3 Å². The Hall–Kier alpha value is -3.97. The number of hydrogen-bond acceptors (Lipinski definition) is 10. The first kappa shape index (κ1) is 47.1. The molecule has 2 heterocycles. The summed E-state index contributed by atoms with van der Waals surface area (Å²) in [5.41, 5.74) is 0.933. The molecule has 7 rings (SSSR count). The topological polar surface area (TPSA) is 225 Å². The average Bonchev–Trinajstić information content (AvgIpc) is 3.91. The number of aromatic nitrogens is 1. The summed E-state index contributed by atoms with van der Waals surface area (Å²) in [5.74, 6) is 1.94. The molecule has 5 aliphatic rings. The first-order chi connectivity index (χ1) is 27.8. The number of rotatable bonds is 12. The molecule has 3 unspecified atom stereocenters. The lowest BCUT2D eigenvalue weighted by Crippen LogP contribution is -2.52. The molecule has 2 aromatic rings. The molecular weight excluding hydrogens is 834 g/mol. The number of sulfonamides is 1. The van der Waals surface area contributed by atoms with Crippen LogP contribution in [0.4, 0.5) is 9.59 Å². The molecule has 4 aliphatic carbocycles. The highest BCUT2D eigenvalue weighted by molar-refractivity contribution is 7.90. The van der Waals surface area contributed by atoms with Crippen LogP contribution in [0.3, 0.4) is 0 Å². The van der Waals surface area contributed by atoms with Gasteiger partial charge in [-0.3, -0.25) is 4.79 Å². The zero-order valence-electron chi connectivity index (χ0n) is 34.8. The molecule has 4 fully saturated rings. The molecule has 0 radical (unpaired) electrons. The molecule has 19 heteroatoms. The van der Waals surface area contributed by atoms with Crippen LogP contribution in [0.15, 0.2) is 59.6 Å². The van der Waals surface area contributed by atoms with Gasteiger partial charge in [-0.1, -0.05) is 50.6 Å². The molecule has 5 amide bonds. The number of carbonyl (C=O) groups is 3. The zero-order valence-corrected chi connectivity index (χ0v) is 37.3. The highest BCUT2D eigenvalue weighted by Crippen LogP contribution is 2.65. The third kappa shape index (κ3) is 10.2. The van der Waals surface area contributed by atoms with Gasteiger partial charge in [0.1, 0.15) is 5.56 Å². The number of amides is 5. The van der Waals surface area contributed by atoms with Gasteiger partial charge in [0.15, 0.2) is 0 Å². The number of benzene rings is 1. The van der Waals surface area contributed by atoms with Gasteiger partial charge >= 0.3 is 22.3 Å². The van der Waals surface area contributed by atoms with Gasteiger partial charge in [-0.05, 0) is 111 Å². The van der Waals surface area contributed by atoms with Crippen LogP contribution in [-0.4, -0.2) is 94.6 Å². The van der Waals surface area contributed by atoms with Crippen LogP contribution in [0, 0.1) is 47.3 Å². The molecule has 3 saturated carbocycles. The lowest BCUT2D eigenvalue weighted by molar-refractivity contribution is 0.00193. The monoisotopic (exact) mass is 893 g/mol. The van der Waals surface area contributed by atoms with Crippen molar-refractivity contribution >= 4 is 50.6 Å². The van der Waals surface area contributed by atoms with E-state index in [1.165, 1.54) is 23.5 Å². The van der Waals surface area contributed by atoms with Crippen molar-refractivity contribution in [1.29, 1.82) is 0 Å². The van der Waals surface area contributed by atoms with Crippen LogP contribution in [0.5, 0.6) is 5.88 Å². The van der Waals surface area contributed by atoms with Crippen LogP contribution in [0.2, 0.25) is 0 Å². The third-order valence-corrected chi connectivity index (χ3v) is 16.6. The smallest absolute Gasteiger partial charge is 0.329 e. The molecule has 1 saturated heterocycles. The Labute approximate surface area is 360 Å². The minimum Gasteiger partial charge on any atom is -0.480 e. The second kappa shape index (κ2) is 19.0. The van der Waals surface area contributed by atoms with Crippen molar-refractivity contribution in [2.45, 2.75) is 89.7 Å². The number of methoxy groups -OCH3 is 1. The molecule has 1 aromatic carbocycles. The Bertz CT molecular complexity index is 2120. The second-order valence-electron chi connectivity index (χ2n) is 17.5. The van der Waals surface area contributed by atoms with Gasteiger partial charge in [-0.15, -0.1) is 12.4 Å². The maximum Gasteiger partial charge on any atom is 0.329 e. The van der Waals surface area contributed by atoms with Gasteiger partial charge < -0.3 is 25.8 Å². The number of halogens is 1. The molecule has 60 heavy (non-hydrogen) atoms. The Morgan fingerprint density at radius 1 is 0.933 bits per heavy atom. The summed E-state index contributed by atoms with van der Waals surface area (Å²) in [4.78, 5) is 40.9. The number of nitrogens with one attached hydrogen (secondary N) is 5. The summed E-state index contributed by atoms with van der Waals surface area (Å²) < 4.78 is 60.5. The number of aliphatic hydroxyl groups is 1. The summed E-state index contributed by atoms with van der Waals surface area (Å²) in [6.45, 7) is 9.77. The Morgan fingerprint density at radius 3 is 2.23 bits per heavy atom. The maximum atomic E-state index is 12.6. The van der Waals surface area contributed by atoms with Crippen LogP contribution in [0.1, 0.15) is 81.6 Å². The van der Waals surface area contributed by atoms with Gasteiger partial charge in [-0.25, -0.2) is 32.4 Å². The number of pyridine rings is 1. The van der Waals surface area contributed by atoms with Gasteiger partial charge in [0, 0.05) is 37.8 Å². The van der Waals surface area contributed by atoms with E-state index in [0.29, 0.717) is 68.3 Å².